The first-order valence-electron chi connectivity index (χ1n) is 6.28. The number of anilines is 2. The molecular formula is C14H20N2O2. The van der Waals surface area contributed by atoms with Crippen LogP contribution in [0.2, 0.25) is 0 Å². The van der Waals surface area contributed by atoms with Gasteiger partial charge in [0, 0.05) is 18.6 Å². The highest BCUT2D eigenvalue weighted by Crippen LogP contribution is 2.33. The van der Waals surface area contributed by atoms with Gasteiger partial charge < -0.3 is 15.0 Å². The lowest BCUT2D eigenvalue weighted by atomic mass is 10.1. The van der Waals surface area contributed by atoms with Gasteiger partial charge in [-0.25, -0.2) is 4.79 Å². The van der Waals surface area contributed by atoms with Gasteiger partial charge in [-0.1, -0.05) is 0 Å². The van der Waals surface area contributed by atoms with E-state index in [2.05, 4.69) is 31.0 Å². The minimum atomic E-state index is -0.297. The lowest BCUT2D eigenvalue weighted by Crippen LogP contribution is -2.43. The van der Waals surface area contributed by atoms with E-state index in [1.54, 1.807) is 0 Å². The van der Waals surface area contributed by atoms with Crippen molar-refractivity contribution >= 4 is 17.3 Å². The topological polar surface area (TPSA) is 41.6 Å². The zero-order valence-corrected chi connectivity index (χ0v) is 11.4. The van der Waals surface area contributed by atoms with Gasteiger partial charge in [-0.3, -0.25) is 0 Å². The maximum atomic E-state index is 11.5. The van der Waals surface area contributed by atoms with E-state index in [4.69, 9.17) is 4.74 Å². The zero-order valence-electron chi connectivity index (χ0n) is 11.4. The highest BCUT2D eigenvalue weighted by atomic mass is 16.5. The Morgan fingerprint density at radius 2 is 2.22 bits per heavy atom. The van der Waals surface area contributed by atoms with Crippen molar-refractivity contribution in [3.63, 3.8) is 0 Å². The molecule has 4 nitrogen and oxygen atoms in total. The standard InChI is InChI=1S/C14H20N2O2/c1-9(2)16-8-10(3)15-12-7-11(14(17)18-4)5-6-13(12)16/h5-7,9-10,15H,8H2,1-4H3. The number of fused-ring (bicyclic) bond motifs is 1. The average molecular weight is 248 g/mol. The molecule has 1 aromatic carbocycles. The molecule has 0 amide bonds. The molecule has 0 saturated carbocycles. The number of rotatable bonds is 2. The average Bonchev–Trinajstić information content (AvgIpc) is 2.35. The summed E-state index contributed by atoms with van der Waals surface area (Å²) in [5, 5.41) is 3.41. The van der Waals surface area contributed by atoms with Crippen LogP contribution < -0.4 is 10.2 Å². The van der Waals surface area contributed by atoms with Gasteiger partial charge in [-0.15, -0.1) is 0 Å². The summed E-state index contributed by atoms with van der Waals surface area (Å²) in [4.78, 5) is 13.9. The van der Waals surface area contributed by atoms with Gasteiger partial charge in [-0.05, 0) is 39.0 Å². The normalized spacial score (nSPS) is 18.3. The fourth-order valence-electron chi connectivity index (χ4n) is 2.34. The number of nitrogens with zero attached hydrogens (tertiary/aromatic N) is 1. The number of hydrogen-bond donors (Lipinski definition) is 1. The van der Waals surface area contributed by atoms with Crippen LogP contribution in [0.4, 0.5) is 11.4 Å². The Morgan fingerprint density at radius 1 is 1.50 bits per heavy atom. The van der Waals surface area contributed by atoms with Gasteiger partial charge in [-0.2, -0.15) is 0 Å². The van der Waals surface area contributed by atoms with Crippen LogP contribution in [-0.4, -0.2) is 31.7 Å². The van der Waals surface area contributed by atoms with Crippen LogP contribution in [0.15, 0.2) is 18.2 Å². The van der Waals surface area contributed by atoms with E-state index in [9.17, 15) is 4.79 Å². The monoisotopic (exact) mass is 248 g/mol. The Morgan fingerprint density at radius 3 is 2.83 bits per heavy atom. The largest absolute Gasteiger partial charge is 0.465 e. The van der Waals surface area contributed by atoms with Crippen molar-refractivity contribution in [3.8, 4) is 0 Å². The maximum absolute atomic E-state index is 11.5. The Hall–Kier alpha value is -1.71. The zero-order chi connectivity index (χ0) is 13.3. The summed E-state index contributed by atoms with van der Waals surface area (Å²) in [6.45, 7) is 7.47. The molecule has 0 aromatic heterocycles. The fourth-order valence-corrected chi connectivity index (χ4v) is 2.34. The summed E-state index contributed by atoms with van der Waals surface area (Å²) in [6, 6.07) is 6.48. The van der Waals surface area contributed by atoms with Crippen molar-refractivity contribution in [3.05, 3.63) is 23.8 Å². The molecule has 0 saturated heterocycles. The predicted molar refractivity (Wildman–Crippen MR) is 73.3 cm³/mol. The van der Waals surface area contributed by atoms with Gasteiger partial charge in [0.25, 0.3) is 0 Å². The number of nitrogens with one attached hydrogen (secondary N) is 1. The molecule has 1 heterocycles. The molecule has 4 heteroatoms. The number of carbonyl (C=O) groups is 1. The van der Waals surface area contributed by atoms with E-state index < -0.39 is 0 Å². The lowest BCUT2D eigenvalue weighted by Gasteiger charge is -2.38. The summed E-state index contributed by atoms with van der Waals surface area (Å²) in [5.41, 5.74) is 2.74. The summed E-state index contributed by atoms with van der Waals surface area (Å²) < 4.78 is 4.75. The van der Waals surface area contributed by atoms with Crippen molar-refractivity contribution in [2.24, 2.45) is 0 Å². The van der Waals surface area contributed by atoms with Crippen molar-refractivity contribution in [2.75, 3.05) is 23.9 Å². The highest BCUT2D eigenvalue weighted by Gasteiger charge is 2.23. The molecule has 0 spiro atoms. The van der Waals surface area contributed by atoms with Crippen LogP contribution >= 0.6 is 0 Å². The van der Waals surface area contributed by atoms with Gasteiger partial charge in [0.15, 0.2) is 0 Å². The number of hydrogen-bond acceptors (Lipinski definition) is 4. The van der Waals surface area contributed by atoms with Crippen LogP contribution in [0.3, 0.4) is 0 Å². The van der Waals surface area contributed by atoms with Crippen LogP contribution in [0.1, 0.15) is 31.1 Å². The Labute approximate surface area is 108 Å². The SMILES string of the molecule is COC(=O)c1ccc2c(c1)NC(C)CN2C(C)C. The smallest absolute Gasteiger partial charge is 0.337 e. The maximum Gasteiger partial charge on any atom is 0.337 e. The third kappa shape index (κ3) is 2.28. The Bertz CT molecular complexity index is 457. The van der Waals surface area contributed by atoms with Gasteiger partial charge in [0.1, 0.15) is 0 Å². The van der Waals surface area contributed by atoms with E-state index in [1.165, 1.54) is 7.11 Å². The highest BCUT2D eigenvalue weighted by molar-refractivity contribution is 5.92. The first-order valence-corrected chi connectivity index (χ1v) is 6.28. The number of carbonyl (C=O) groups excluding carboxylic acids is 1. The van der Waals surface area contributed by atoms with Crippen LogP contribution in [0.25, 0.3) is 0 Å². The number of esters is 1. The molecule has 1 aliphatic heterocycles. The molecule has 1 aromatic rings. The first kappa shape index (κ1) is 12.7. The van der Waals surface area contributed by atoms with E-state index in [1.807, 2.05) is 18.2 Å². The molecule has 0 radical (unpaired) electrons. The Balaban J connectivity index is 2.40. The number of ether oxygens (including phenoxy) is 1. The summed E-state index contributed by atoms with van der Waals surface area (Å²) >= 11 is 0. The lowest BCUT2D eigenvalue weighted by molar-refractivity contribution is 0.0601. The second kappa shape index (κ2) is 4.88. The van der Waals surface area contributed by atoms with Crippen molar-refractivity contribution in [1.29, 1.82) is 0 Å². The molecule has 1 unspecified atom stereocenters. The molecule has 1 atom stereocenters. The molecule has 0 fully saturated rings. The molecule has 0 bridgehead atoms. The van der Waals surface area contributed by atoms with Gasteiger partial charge in [0.2, 0.25) is 0 Å². The number of methoxy groups -OCH3 is 1. The number of benzene rings is 1. The minimum Gasteiger partial charge on any atom is -0.465 e. The molecule has 98 valence electrons. The second-order valence-corrected chi connectivity index (χ2v) is 5.02. The molecule has 1 N–H and O–H groups in total. The van der Waals surface area contributed by atoms with E-state index in [0.717, 1.165) is 17.9 Å². The van der Waals surface area contributed by atoms with Gasteiger partial charge in [0.05, 0.1) is 24.0 Å². The molecule has 1 aliphatic rings. The van der Waals surface area contributed by atoms with Crippen LogP contribution in [-0.2, 0) is 4.74 Å². The van der Waals surface area contributed by atoms with Crippen molar-refractivity contribution in [1.82, 2.24) is 0 Å². The van der Waals surface area contributed by atoms with Crippen molar-refractivity contribution < 1.29 is 9.53 Å². The van der Waals surface area contributed by atoms with E-state index in [-0.39, 0.29) is 5.97 Å². The summed E-state index contributed by atoms with van der Waals surface area (Å²) in [7, 11) is 1.40. The van der Waals surface area contributed by atoms with E-state index >= 15 is 0 Å². The molecule has 18 heavy (non-hydrogen) atoms. The van der Waals surface area contributed by atoms with E-state index in [0.29, 0.717) is 17.6 Å². The Kier molecular flexibility index (Phi) is 3.45. The predicted octanol–water partition coefficient (Wildman–Crippen LogP) is 2.50. The first-order chi connectivity index (χ1) is 8.52. The van der Waals surface area contributed by atoms with Crippen LogP contribution in [0, 0.1) is 0 Å². The summed E-state index contributed by atoms with van der Waals surface area (Å²) in [5.74, 6) is -0.297. The quantitative estimate of drug-likeness (QED) is 0.816. The minimum absolute atomic E-state index is 0.297. The third-order valence-electron chi connectivity index (χ3n) is 3.22. The summed E-state index contributed by atoms with van der Waals surface area (Å²) in [6.07, 6.45) is 0. The van der Waals surface area contributed by atoms with Crippen LogP contribution in [0.5, 0.6) is 0 Å². The fraction of sp³-hybridized carbons (Fsp3) is 0.500. The second-order valence-electron chi connectivity index (χ2n) is 5.02. The molecule has 0 aliphatic carbocycles. The third-order valence-corrected chi connectivity index (χ3v) is 3.22. The van der Waals surface area contributed by atoms with Crippen molar-refractivity contribution in [2.45, 2.75) is 32.9 Å². The van der Waals surface area contributed by atoms with Gasteiger partial charge >= 0.3 is 5.97 Å². The molecular weight excluding hydrogens is 228 g/mol. The molecule has 2 rings (SSSR count).